The molecule has 2 fully saturated rings. The Balaban J connectivity index is 0.000000170. The molecule has 12 nitrogen and oxygen atoms in total. The number of hydrogen-bond acceptors (Lipinski definition) is 8. The predicted octanol–water partition coefficient (Wildman–Crippen LogP) is 5.39. The third-order valence-electron chi connectivity index (χ3n) is 8.43. The molecule has 2 saturated heterocycles. The number of hydrogen-bond donors (Lipinski definition) is 1. The molecular formula is C38H45BrCl2N10O2. The van der Waals surface area contributed by atoms with Crippen LogP contribution < -0.4 is 26.5 Å². The van der Waals surface area contributed by atoms with E-state index in [-0.39, 0.29) is 0 Å². The summed E-state index contributed by atoms with van der Waals surface area (Å²) in [6.45, 7) is -0.134. The highest BCUT2D eigenvalue weighted by molar-refractivity contribution is 9.09. The third kappa shape index (κ3) is 10.5. The average molecular weight is 833 g/mol. The van der Waals surface area contributed by atoms with Gasteiger partial charge in [0.05, 0.1) is 5.48 Å². The van der Waals surface area contributed by atoms with Crippen LogP contribution in [0.15, 0.2) is 107 Å². The summed E-state index contributed by atoms with van der Waals surface area (Å²) in [5, 5.41) is 10.8. The van der Waals surface area contributed by atoms with E-state index in [1.165, 1.54) is 26.9 Å². The molecule has 8 rings (SSSR count). The van der Waals surface area contributed by atoms with Crippen molar-refractivity contribution in [2.45, 2.75) is 25.8 Å². The van der Waals surface area contributed by atoms with Crippen LogP contribution in [0.3, 0.4) is 0 Å². The van der Waals surface area contributed by atoms with Crippen molar-refractivity contribution >= 4 is 61.8 Å². The van der Waals surface area contributed by atoms with Gasteiger partial charge in [0.15, 0.2) is 11.3 Å². The van der Waals surface area contributed by atoms with Crippen molar-refractivity contribution in [3.63, 3.8) is 0 Å². The minimum Gasteiger partial charge on any atom is -0.369 e. The molecule has 0 saturated carbocycles. The average Bonchev–Trinajstić information content (AvgIpc) is 3.75. The zero-order chi connectivity index (χ0) is 44.2. The maximum atomic E-state index is 12.5. The van der Waals surface area contributed by atoms with Gasteiger partial charge in [0.2, 0.25) is 0 Å². The van der Waals surface area contributed by atoms with E-state index in [2.05, 4.69) is 47.3 Å². The lowest BCUT2D eigenvalue weighted by Gasteiger charge is -2.36. The van der Waals surface area contributed by atoms with Crippen molar-refractivity contribution in [1.82, 2.24) is 38.6 Å². The first-order valence-corrected chi connectivity index (χ1v) is 18.6. The number of anilines is 2. The van der Waals surface area contributed by atoms with E-state index in [1.807, 2.05) is 42.5 Å². The molecular weight excluding hydrogens is 779 g/mol. The lowest BCUT2D eigenvalue weighted by Crippen LogP contribution is -2.46. The van der Waals surface area contributed by atoms with Crippen LogP contribution in [0.25, 0.3) is 11.3 Å². The molecule has 53 heavy (non-hydrogen) atoms. The molecule has 6 aromatic rings. The van der Waals surface area contributed by atoms with E-state index in [1.54, 1.807) is 41.3 Å². The van der Waals surface area contributed by atoms with Crippen LogP contribution in [0, 0.1) is 0 Å². The maximum Gasteiger partial charge on any atom is 0.350 e. The molecule has 0 unspecified atom stereocenters. The normalized spacial score (nSPS) is 18.2. The number of benzene rings is 2. The molecule has 2 aromatic carbocycles. The molecule has 0 atom stereocenters. The summed E-state index contributed by atoms with van der Waals surface area (Å²) >= 11 is 14.7. The molecule has 4 aromatic heterocycles. The summed E-state index contributed by atoms with van der Waals surface area (Å²) in [7, 11) is 0. The molecule has 0 spiro atoms. The van der Waals surface area contributed by atoms with Crippen LogP contribution in [0.5, 0.6) is 0 Å². The van der Waals surface area contributed by atoms with Gasteiger partial charge >= 0.3 is 11.4 Å². The molecule has 280 valence electrons. The molecule has 15 heteroatoms. The number of fused-ring (bicyclic) bond motifs is 2. The highest BCUT2D eigenvalue weighted by atomic mass is 79.9. The van der Waals surface area contributed by atoms with Crippen LogP contribution in [0.2, 0.25) is 10.0 Å². The summed E-state index contributed by atoms with van der Waals surface area (Å²) in [6, 6.07) is 25.4. The van der Waals surface area contributed by atoms with Gasteiger partial charge in [-0.15, -0.1) is 10.2 Å². The summed E-state index contributed by atoms with van der Waals surface area (Å²) in [5.41, 5.74) is 1.59. The van der Waals surface area contributed by atoms with Gasteiger partial charge in [-0.25, -0.2) is 19.0 Å². The molecule has 0 radical (unpaired) electrons. The molecule has 2 aliphatic heterocycles. The minimum atomic E-state index is -2.28. The summed E-state index contributed by atoms with van der Waals surface area (Å²) in [4.78, 5) is 30.6. The first-order chi connectivity index (χ1) is 28.7. The van der Waals surface area contributed by atoms with Crippen molar-refractivity contribution in [3.8, 4) is 0 Å². The number of alkyl halides is 1. The number of aromatic nitrogens is 6. The SMILES string of the molecule is Clc1cccc(N2CCNCC2)c1.[2H]C([2H])(Br)CC([2H])([2H])n1nc2ccccn2c1=O.[2H]C([2H])(CC([2H])([2H])n1nc2ccccn2c1=O)N1CCN(c2cccc(Cl)c2)CC1. The third-order valence-corrected chi connectivity index (χ3v) is 9.18. The van der Waals surface area contributed by atoms with E-state index in [0.717, 1.165) is 41.6 Å². The van der Waals surface area contributed by atoms with E-state index in [4.69, 9.17) is 34.2 Å². The largest absolute Gasteiger partial charge is 0.369 e. The van der Waals surface area contributed by atoms with Crippen LogP contribution in [0.4, 0.5) is 11.4 Å². The number of pyridine rings is 2. The van der Waals surface area contributed by atoms with Gasteiger partial charge in [0.25, 0.3) is 0 Å². The molecule has 0 amide bonds. The van der Waals surface area contributed by atoms with Crippen molar-refractivity contribution in [3.05, 3.63) is 128 Å². The number of rotatable bonds is 9. The maximum absolute atomic E-state index is 12.5. The Morgan fingerprint density at radius 3 is 1.64 bits per heavy atom. The van der Waals surface area contributed by atoms with Gasteiger partial charge in [0, 0.05) is 116 Å². The van der Waals surface area contributed by atoms with E-state index in [9.17, 15) is 9.59 Å². The van der Waals surface area contributed by atoms with E-state index < -0.39 is 49.0 Å². The number of piperazine rings is 2. The lowest BCUT2D eigenvalue weighted by molar-refractivity contribution is 0.248. The quantitative estimate of drug-likeness (QED) is 0.194. The Morgan fingerprint density at radius 2 is 1.15 bits per heavy atom. The van der Waals surface area contributed by atoms with E-state index in [0.29, 0.717) is 47.2 Å². The Kier molecular flexibility index (Phi) is 10.6. The van der Waals surface area contributed by atoms with Crippen molar-refractivity contribution < 1.29 is 11.0 Å². The van der Waals surface area contributed by atoms with E-state index >= 15 is 0 Å². The van der Waals surface area contributed by atoms with Crippen molar-refractivity contribution in [2.75, 3.05) is 73.9 Å². The monoisotopic (exact) mass is 830 g/mol. The zero-order valence-corrected chi connectivity index (χ0v) is 31.9. The number of halogens is 3. The standard InChI is InChI=1S/C19H22ClN5O.C10H13ClN2.C9H10BrN3O/c20-16-5-3-6-17(15-16)23-13-11-22(12-14-23)8-4-10-25-19(26)24-9-2-1-7-18(24)21-25;11-9-2-1-3-10(8-9)13-6-4-12-5-7-13;10-5-3-7-13-9(14)12-6-2-1-4-8(12)11-13/h1-3,5-7,9,15H,4,8,10-14H2;1-3,8,12H,4-7H2;1-2,4,6H,3,5,7H2/i8D2,10D2;;5D2,7D2. The summed E-state index contributed by atoms with van der Waals surface area (Å²) in [5.74, 6) is 0. The molecule has 1 N–H and O–H groups in total. The van der Waals surface area contributed by atoms with Gasteiger partial charge in [-0.1, -0.05) is 63.4 Å². The second-order valence-corrected chi connectivity index (χ2v) is 13.3. The first-order valence-electron chi connectivity index (χ1n) is 21.0. The second kappa shape index (κ2) is 19.3. The fraction of sp³-hybridized carbons (Fsp3) is 0.368. The predicted molar refractivity (Wildman–Crippen MR) is 219 cm³/mol. The van der Waals surface area contributed by atoms with Gasteiger partial charge < -0.3 is 15.1 Å². The van der Waals surface area contributed by atoms with Crippen LogP contribution in [-0.4, -0.2) is 97.4 Å². The number of nitrogens with one attached hydrogen (secondary N) is 1. The molecule has 0 aliphatic carbocycles. The second-order valence-electron chi connectivity index (χ2n) is 11.9. The number of nitrogens with zero attached hydrogens (tertiary/aromatic N) is 9. The van der Waals surface area contributed by atoms with Gasteiger partial charge in [0.1, 0.15) is 0 Å². The summed E-state index contributed by atoms with van der Waals surface area (Å²) < 4.78 is 67.8. The van der Waals surface area contributed by atoms with Gasteiger partial charge in [-0.3, -0.25) is 13.7 Å². The molecule has 6 heterocycles. The minimum absolute atomic E-state index is 0.321. The smallest absolute Gasteiger partial charge is 0.350 e. The number of aryl methyl sites for hydroxylation is 2. The highest BCUT2D eigenvalue weighted by Gasteiger charge is 2.17. The van der Waals surface area contributed by atoms with Gasteiger partial charge in [-0.2, -0.15) is 0 Å². The summed E-state index contributed by atoms with van der Waals surface area (Å²) in [6.07, 6.45) is 1.96. The van der Waals surface area contributed by atoms with Crippen LogP contribution in [-0.2, 0) is 13.0 Å². The van der Waals surface area contributed by atoms with Crippen LogP contribution >= 0.6 is 39.1 Å². The van der Waals surface area contributed by atoms with Crippen LogP contribution in [0.1, 0.15) is 23.8 Å². The lowest BCUT2D eigenvalue weighted by atomic mass is 10.2. The topological polar surface area (TPSA) is 100 Å². The Bertz CT molecular complexity index is 2530. The van der Waals surface area contributed by atoms with Crippen molar-refractivity contribution in [2.24, 2.45) is 0 Å². The fourth-order valence-electron chi connectivity index (χ4n) is 5.77. The highest BCUT2D eigenvalue weighted by Crippen LogP contribution is 2.21. The molecule has 2 aliphatic rings. The van der Waals surface area contributed by atoms with Crippen molar-refractivity contribution in [1.29, 1.82) is 0 Å². The van der Waals surface area contributed by atoms with Gasteiger partial charge in [-0.05, 0) is 73.5 Å². The fourth-order valence-corrected chi connectivity index (χ4v) is 6.27. The Morgan fingerprint density at radius 1 is 0.642 bits per heavy atom. The Labute approximate surface area is 338 Å². The Hall–Kier alpha value is -4.14. The molecule has 0 bridgehead atoms. The first kappa shape index (κ1) is 29.2. The zero-order valence-electron chi connectivity index (χ0n) is 36.8.